The van der Waals surface area contributed by atoms with Gasteiger partial charge in [-0.15, -0.1) is 10.2 Å². The number of aliphatic hydroxyl groups is 1. The number of rotatable bonds is 11. The first-order valence-electron chi connectivity index (χ1n) is 12.3. The Morgan fingerprint density at radius 1 is 1.10 bits per heavy atom. The number of carbonyl (C=O) groups is 2. The lowest BCUT2D eigenvalue weighted by atomic mass is 9.65. The molecule has 0 aliphatic carbocycles. The normalized spacial score (nSPS) is 14.4. The van der Waals surface area contributed by atoms with Crippen molar-refractivity contribution in [2.45, 2.75) is 64.8 Å². The van der Waals surface area contributed by atoms with Gasteiger partial charge in [0.05, 0.1) is 18.4 Å². The van der Waals surface area contributed by atoms with E-state index in [9.17, 15) is 27.9 Å². The van der Waals surface area contributed by atoms with E-state index < -0.39 is 40.8 Å². The van der Waals surface area contributed by atoms with Gasteiger partial charge in [0.1, 0.15) is 5.82 Å². The fourth-order valence-electron chi connectivity index (χ4n) is 4.31. The molecule has 2 heterocycles. The molecule has 3 aromatic rings. The van der Waals surface area contributed by atoms with E-state index in [4.69, 9.17) is 9.15 Å². The number of H-pyrrole nitrogens is 1. The van der Waals surface area contributed by atoms with E-state index >= 15 is 0 Å². The molecule has 14 heteroatoms. The highest BCUT2D eigenvalue weighted by atomic mass is 19.4. The van der Waals surface area contributed by atoms with Crippen LogP contribution in [0.2, 0.25) is 0 Å². The minimum Gasteiger partial charge on any atom is -0.450 e. The maximum Gasteiger partial charge on any atom is 0.416 e. The van der Waals surface area contributed by atoms with Crippen LogP contribution in [0.3, 0.4) is 0 Å². The Labute approximate surface area is 222 Å². The van der Waals surface area contributed by atoms with Gasteiger partial charge >= 0.3 is 12.3 Å². The highest BCUT2D eigenvalue weighted by Gasteiger charge is 2.59. The summed E-state index contributed by atoms with van der Waals surface area (Å²) in [4.78, 5) is 26.2. The van der Waals surface area contributed by atoms with Gasteiger partial charge < -0.3 is 24.9 Å². The zero-order valence-electron chi connectivity index (χ0n) is 21.9. The molecule has 0 aliphatic rings. The van der Waals surface area contributed by atoms with E-state index in [0.29, 0.717) is 19.3 Å². The zero-order valence-corrected chi connectivity index (χ0v) is 21.9. The molecule has 0 bridgehead atoms. The summed E-state index contributed by atoms with van der Waals surface area (Å²) in [6.45, 7) is 7.13. The van der Waals surface area contributed by atoms with Crippen LogP contribution in [0.4, 0.5) is 23.8 Å². The predicted octanol–water partition coefficient (Wildman–Crippen LogP) is 4.64. The minimum absolute atomic E-state index is 0.0627. The van der Waals surface area contributed by atoms with Crippen LogP contribution >= 0.6 is 0 Å². The molecule has 2 atom stereocenters. The van der Waals surface area contributed by atoms with E-state index in [1.54, 1.807) is 20.8 Å². The van der Waals surface area contributed by atoms with Crippen molar-refractivity contribution in [2.24, 2.45) is 5.41 Å². The number of aromatic nitrogens is 4. The number of nitrogens with zero attached hydrogens (tertiary/aromatic N) is 3. The first-order valence-corrected chi connectivity index (χ1v) is 12.3. The maximum absolute atomic E-state index is 13.3. The third-order valence-electron chi connectivity index (χ3n) is 6.32. The van der Waals surface area contributed by atoms with E-state index in [-0.39, 0.29) is 29.8 Å². The molecule has 4 N–H and O–H groups in total. The van der Waals surface area contributed by atoms with E-state index in [2.05, 4.69) is 31.0 Å². The Kier molecular flexibility index (Phi) is 8.99. The van der Waals surface area contributed by atoms with Crippen LogP contribution in [-0.2, 0) is 21.2 Å². The van der Waals surface area contributed by atoms with Gasteiger partial charge in [0.15, 0.2) is 11.6 Å². The third kappa shape index (κ3) is 6.38. The van der Waals surface area contributed by atoms with Gasteiger partial charge in [-0.25, -0.2) is 4.79 Å². The fourth-order valence-corrected chi connectivity index (χ4v) is 4.31. The molecule has 1 aromatic carbocycles. The SMILES string of the molecule is CCCOC(=O)N[C@@](c1nnc(-c2ccc(C(F)(F)F)cc2)o1)([C@@H](O)C(=O)Nc1ccn[nH]1)C(C)(C)CCC. The van der Waals surface area contributed by atoms with Crippen LogP contribution in [0.1, 0.15) is 58.4 Å². The van der Waals surface area contributed by atoms with Crippen molar-refractivity contribution >= 4 is 17.8 Å². The molecular weight excluding hydrogens is 521 g/mol. The number of benzene rings is 1. The summed E-state index contributed by atoms with van der Waals surface area (Å²) >= 11 is 0. The average molecular weight is 553 g/mol. The van der Waals surface area contributed by atoms with Crippen LogP contribution in [-0.4, -0.2) is 50.2 Å². The molecule has 0 aliphatic heterocycles. The largest absolute Gasteiger partial charge is 0.450 e. The molecule has 0 saturated heterocycles. The summed E-state index contributed by atoms with van der Waals surface area (Å²) < 4.78 is 50.1. The van der Waals surface area contributed by atoms with Crippen molar-refractivity contribution in [1.29, 1.82) is 0 Å². The van der Waals surface area contributed by atoms with Crippen molar-refractivity contribution in [3.8, 4) is 11.5 Å². The molecule has 2 amide bonds. The molecule has 11 nitrogen and oxygen atoms in total. The van der Waals surface area contributed by atoms with Gasteiger partial charge in [-0.05, 0) is 37.1 Å². The summed E-state index contributed by atoms with van der Waals surface area (Å²) in [5.41, 5.74) is -3.82. The second-order valence-electron chi connectivity index (χ2n) is 9.55. The number of halogens is 3. The second kappa shape index (κ2) is 11.8. The standard InChI is InChI=1S/C25H31F3N6O5/c1-5-12-23(3,4)24(31-22(37)38-14-6-2,18(35)19(36)30-17-11-13-29-32-17)21-34-33-20(39-21)15-7-9-16(10-8-15)25(26,27)28/h7-11,13,18,35H,5-6,12,14H2,1-4H3,(H,31,37)(H2,29,30,32,36)/t18-,24+/m0/s1. The third-order valence-corrected chi connectivity index (χ3v) is 6.32. The molecule has 0 radical (unpaired) electrons. The van der Waals surface area contributed by atoms with Crippen molar-refractivity contribution in [3.05, 3.63) is 48.0 Å². The summed E-state index contributed by atoms with van der Waals surface area (Å²) in [7, 11) is 0. The second-order valence-corrected chi connectivity index (χ2v) is 9.55. The van der Waals surface area contributed by atoms with Gasteiger partial charge in [-0.3, -0.25) is 9.89 Å². The molecule has 0 saturated carbocycles. The molecule has 0 unspecified atom stereocenters. The number of alkyl carbamates (subject to hydrolysis) is 1. The highest BCUT2D eigenvalue weighted by molar-refractivity contribution is 5.94. The summed E-state index contributed by atoms with van der Waals surface area (Å²) in [6, 6.07) is 5.50. The monoisotopic (exact) mass is 552 g/mol. The van der Waals surface area contributed by atoms with Crippen molar-refractivity contribution in [1.82, 2.24) is 25.7 Å². The maximum atomic E-state index is 13.3. The summed E-state index contributed by atoms with van der Waals surface area (Å²) in [6.07, 6.45) is -4.61. The van der Waals surface area contributed by atoms with Crippen LogP contribution < -0.4 is 10.6 Å². The summed E-state index contributed by atoms with van der Waals surface area (Å²) in [5.74, 6) is -1.25. The number of hydrogen-bond donors (Lipinski definition) is 4. The minimum atomic E-state index is -4.53. The van der Waals surface area contributed by atoms with E-state index in [0.717, 1.165) is 24.3 Å². The Hall–Kier alpha value is -3.94. The lowest BCUT2D eigenvalue weighted by Gasteiger charge is -2.46. The van der Waals surface area contributed by atoms with Crippen LogP contribution in [0.5, 0.6) is 0 Å². The topological polar surface area (TPSA) is 155 Å². The lowest BCUT2D eigenvalue weighted by Crippen LogP contribution is -2.65. The number of nitrogens with one attached hydrogen (secondary N) is 3. The fraction of sp³-hybridized carbons (Fsp3) is 0.480. The number of aromatic amines is 1. The van der Waals surface area contributed by atoms with Gasteiger partial charge in [0.25, 0.3) is 5.91 Å². The highest BCUT2D eigenvalue weighted by Crippen LogP contribution is 2.46. The number of alkyl halides is 3. The van der Waals surface area contributed by atoms with E-state index in [1.165, 1.54) is 12.3 Å². The van der Waals surface area contributed by atoms with Gasteiger partial charge in [0, 0.05) is 17.0 Å². The molecule has 2 aromatic heterocycles. The van der Waals surface area contributed by atoms with Crippen LogP contribution in [0.15, 0.2) is 40.9 Å². The molecule has 212 valence electrons. The summed E-state index contributed by atoms with van der Waals surface area (Å²) in [5, 5.41) is 31.0. The Morgan fingerprint density at radius 3 is 2.36 bits per heavy atom. The smallest absolute Gasteiger partial charge is 0.416 e. The number of hydrogen-bond acceptors (Lipinski definition) is 8. The average Bonchev–Trinajstić information content (AvgIpc) is 3.58. The quantitative estimate of drug-likeness (QED) is 0.268. The van der Waals surface area contributed by atoms with Crippen molar-refractivity contribution < 1.29 is 37.0 Å². The first-order chi connectivity index (χ1) is 18.4. The Bertz CT molecular complexity index is 1240. The van der Waals surface area contributed by atoms with Gasteiger partial charge in [-0.1, -0.05) is 34.1 Å². The van der Waals surface area contributed by atoms with Crippen molar-refractivity contribution in [2.75, 3.05) is 11.9 Å². The lowest BCUT2D eigenvalue weighted by molar-refractivity contribution is -0.137. The molecule has 0 fully saturated rings. The van der Waals surface area contributed by atoms with Crippen LogP contribution in [0, 0.1) is 5.41 Å². The zero-order chi connectivity index (χ0) is 28.8. The number of amides is 2. The number of ether oxygens (including phenoxy) is 1. The Balaban J connectivity index is 2.13. The predicted molar refractivity (Wildman–Crippen MR) is 133 cm³/mol. The first kappa shape index (κ1) is 29.6. The van der Waals surface area contributed by atoms with Crippen molar-refractivity contribution in [3.63, 3.8) is 0 Å². The Morgan fingerprint density at radius 2 is 1.79 bits per heavy atom. The molecule has 39 heavy (non-hydrogen) atoms. The van der Waals surface area contributed by atoms with Gasteiger partial charge in [-0.2, -0.15) is 18.3 Å². The van der Waals surface area contributed by atoms with Crippen LogP contribution in [0.25, 0.3) is 11.5 Å². The molecule has 3 rings (SSSR count). The number of carbonyl (C=O) groups excluding carboxylic acids is 2. The van der Waals surface area contributed by atoms with Gasteiger partial charge in [0.2, 0.25) is 11.8 Å². The number of aliphatic hydroxyl groups excluding tert-OH is 1. The number of anilines is 1. The molecular formula is C25H31F3N6O5. The van der Waals surface area contributed by atoms with E-state index in [1.807, 2.05) is 6.92 Å². The molecule has 0 spiro atoms.